The lowest BCUT2D eigenvalue weighted by molar-refractivity contribution is -0.144. The fourth-order valence-electron chi connectivity index (χ4n) is 8.55. The normalized spacial score (nSPS) is 49.0. The highest BCUT2D eigenvalue weighted by Crippen LogP contribution is 2.68. The van der Waals surface area contributed by atoms with E-state index >= 15 is 0 Å². The maximum absolute atomic E-state index is 13.3. The van der Waals surface area contributed by atoms with Crippen molar-refractivity contribution in [2.24, 2.45) is 40.4 Å². The van der Waals surface area contributed by atoms with Crippen LogP contribution in [0.2, 0.25) is 0 Å². The molecular formula is C26H37NO2. The van der Waals surface area contributed by atoms with Gasteiger partial charge in [0.15, 0.2) is 5.78 Å². The van der Waals surface area contributed by atoms with Crippen molar-refractivity contribution in [2.45, 2.75) is 84.2 Å². The van der Waals surface area contributed by atoms with Gasteiger partial charge in [-0.25, -0.2) is 0 Å². The molecule has 0 aliphatic heterocycles. The highest BCUT2D eigenvalue weighted by atomic mass is 16.3. The summed E-state index contributed by atoms with van der Waals surface area (Å²) in [5.74, 6) is 3.31. The molecule has 8 atom stereocenters. The monoisotopic (exact) mass is 395 g/mol. The second-order valence-corrected chi connectivity index (χ2v) is 11.6. The Morgan fingerprint density at radius 1 is 0.966 bits per heavy atom. The Bertz CT molecular complexity index is 789. The fourth-order valence-corrected chi connectivity index (χ4v) is 8.55. The van der Waals surface area contributed by atoms with Gasteiger partial charge >= 0.3 is 0 Å². The van der Waals surface area contributed by atoms with Crippen LogP contribution in [-0.2, 0) is 0 Å². The Labute approximate surface area is 175 Å². The summed E-state index contributed by atoms with van der Waals surface area (Å²) in [6.45, 7) is 7.01. The molecule has 4 aliphatic carbocycles. The van der Waals surface area contributed by atoms with E-state index in [4.69, 9.17) is 0 Å². The van der Waals surface area contributed by atoms with Crippen LogP contribution >= 0.6 is 0 Å². The number of carbonyl (C=O) groups is 1. The van der Waals surface area contributed by atoms with Crippen molar-refractivity contribution < 1.29 is 9.90 Å². The molecule has 1 aromatic heterocycles. The Morgan fingerprint density at radius 2 is 1.76 bits per heavy atom. The lowest BCUT2D eigenvalue weighted by Gasteiger charge is -2.61. The minimum Gasteiger partial charge on any atom is -0.390 e. The van der Waals surface area contributed by atoms with E-state index in [1.165, 1.54) is 38.5 Å². The zero-order valence-electron chi connectivity index (χ0n) is 18.4. The molecule has 158 valence electrons. The van der Waals surface area contributed by atoms with Gasteiger partial charge in [0.05, 0.1) is 5.60 Å². The largest absolute Gasteiger partial charge is 0.390 e. The van der Waals surface area contributed by atoms with E-state index in [0.29, 0.717) is 22.9 Å². The van der Waals surface area contributed by atoms with E-state index in [9.17, 15) is 9.90 Å². The molecule has 29 heavy (non-hydrogen) atoms. The van der Waals surface area contributed by atoms with Gasteiger partial charge in [-0.15, -0.1) is 0 Å². The first-order chi connectivity index (χ1) is 13.7. The van der Waals surface area contributed by atoms with E-state index < -0.39 is 5.60 Å². The summed E-state index contributed by atoms with van der Waals surface area (Å²) in [6.07, 6.45) is 12.1. The number of rotatable bonds is 2. The second kappa shape index (κ2) is 6.64. The number of fused-ring (bicyclic) bond motifs is 5. The summed E-state index contributed by atoms with van der Waals surface area (Å²) >= 11 is 0. The van der Waals surface area contributed by atoms with E-state index in [0.717, 1.165) is 31.1 Å². The summed E-state index contributed by atoms with van der Waals surface area (Å²) in [4.78, 5) is 17.7. The molecular weight excluding hydrogens is 358 g/mol. The molecule has 3 nitrogen and oxygen atoms in total. The number of ketones is 1. The van der Waals surface area contributed by atoms with Crippen LogP contribution in [0.3, 0.4) is 0 Å². The third kappa shape index (κ3) is 2.94. The summed E-state index contributed by atoms with van der Waals surface area (Å²) < 4.78 is 0. The van der Waals surface area contributed by atoms with Gasteiger partial charge < -0.3 is 5.11 Å². The fraction of sp³-hybridized carbons (Fsp3) is 0.769. The molecule has 0 amide bonds. The molecule has 0 radical (unpaired) electrons. The van der Waals surface area contributed by atoms with Crippen molar-refractivity contribution >= 4 is 5.78 Å². The average Bonchev–Trinajstić information content (AvgIpc) is 3.06. The van der Waals surface area contributed by atoms with Crippen molar-refractivity contribution in [1.82, 2.24) is 4.98 Å². The molecule has 0 aromatic carbocycles. The molecule has 3 heteroatoms. The SMILES string of the molecule is C[C@@]1(O)CC[C@@]2(C)[C@H](CC[C@@H]3[C@@H]2CC[C@]2(C)[C@@H](C(=O)c4ccccn4)CC[C@@H]32)C1. The van der Waals surface area contributed by atoms with Crippen molar-refractivity contribution in [3.05, 3.63) is 30.1 Å². The lowest BCUT2D eigenvalue weighted by Crippen LogP contribution is -2.55. The van der Waals surface area contributed by atoms with Crippen LogP contribution in [-0.4, -0.2) is 21.5 Å². The van der Waals surface area contributed by atoms with Gasteiger partial charge in [0.1, 0.15) is 5.69 Å². The number of hydrogen-bond donors (Lipinski definition) is 1. The van der Waals surface area contributed by atoms with Gasteiger partial charge in [0.2, 0.25) is 0 Å². The minimum atomic E-state index is -0.465. The number of Topliss-reactive ketones (excluding diaryl/α,β-unsaturated/α-hetero) is 1. The minimum absolute atomic E-state index is 0.138. The Morgan fingerprint density at radius 3 is 2.52 bits per heavy atom. The molecule has 4 aliphatic rings. The third-order valence-corrected chi connectivity index (χ3v) is 10.2. The number of aromatic nitrogens is 1. The van der Waals surface area contributed by atoms with Gasteiger partial charge in [-0.3, -0.25) is 9.78 Å². The van der Waals surface area contributed by atoms with E-state index in [1.54, 1.807) is 6.20 Å². The van der Waals surface area contributed by atoms with E-state index in [2.05, 4.69) is 18.8 Å². The van der Waals surface area contributed by atoms with Crippen LogP contribution in [0.5, 0.6) is 0 Å². The highest BCUT2D eigenvalue weighted by molar-refractivity contribution is 5.96. The molecule has 1 aromatic rings. The molecule has 0 bridgehead atoms. The zero-order valence-corrected chi connectivity index (χ0v) is 18.4. The van der Waals surface area contributed by atoms with Gasteiger partial charge in [-0.05, 0) is 111 Å². The second-order valence-electron chi connectivity index (χ2n) is 11.6. The van der Waals surface area contributed by atoms with Crippen LogP contribution in [0.4, 0.5) is 0 Å². The first kappa shape index (κ1) is 19.7. The zero-order chi connectivity index (χ0) is 20.4. The highest BCUT2D eigenvalue weighted by Gasteiger charge is 2.61. The Balaban J connectivity index is 1.40. The van der Waals surface area contributed by atoms with Crippen molar-refractivity contribution in [1.29, 1.82) is 0 Å². The predicted octanol–water partition coefficient (Wildman–Crippen LogP) is 5.67. The standard InChI is InChI=1S/C26H37NO2/c1-24(29)13-14-25(2)17(16-24)7-8-18-19-9-10-21(26(19,3)12-11-20(18)25)23(28)22-6-4-5-15-27-22/h4-6,15,17-21,29H,7-14,16H2,1-3H3/t17-,18+,19+,20+,21-,24-,25+,26+/m1/s1. The van der Waals surface area contributed by atoms with Gasteiger partial charge in [-0.2, -0.15) is 0 Å². The summed E-state index contributed by atoms with van der Waals surface area (Å²) in [6, 6.07) is 5.72. The van der Waals surface area contributed by atoms with Crippen LogP contribution in [0.1, 0.15) is 89.0 Å². The number of carbonyl (C=O) groups excluding carboxylic acids is 1. The average molecular weight is 396 g/mol. The molecule has 0 saturated heterocycles. The Hall–Kier alpha value is -1.22. The van der Waals surface area contributed by atoms with Crippen LogP contribution in [0.15, 0.2) is 24.4 Å². The first-order valence-electron chi connectivity index (χ1n) is 11.9. The maximum atomic E-state index is 13.3. The summed E-state index contributed by atoms with van der Waals surface area (Å²) in [7, 11) is 0. The topological polar surface area (TPSA) is 50.2 Å². The predicted molar refractivity (Wildman–Crippen MR) is 114 cm³/mol. The van der Waals surface area contributed by atoms with Crippen molar-refractivity contribution in [2.75, 3.05) is 0 Å². The van der Waals surface area contributed by atoms with Crippen LogP contribution in [0.25, 0.3) is 0 Å². The molecule has 1 heterocycles. The lowest BCUT2D eigenvalue weighted by atomic mass is 9.44. The summed E-state index contributed by atoms with van der Waals surface area (Å²) in [5.41, 5.74) is 0.717. The third-order valence-electron chi connectivity index (χ3n) is 10.2. The molecule has 1 N–H and O–H groups in total. The van der Waals surface area contributed by atoms with Crippen LogP contribution < -0.4 is 0 Å². The quantitative estimate of drug-likeness (QED) is 0.656. The number of hydrogen-bond acceptors (Lipinski definition) is 3. The van der Waals surface area contributed by atoms with Gasteiger partial charge in [0, 0.05) is 12.1 Å². The van der Waals surface area contributed by atoms with Crippen molar-refractivity contribution in [3.63, 3.8) is 0 Å². The number of aliphatic hydroxyl groups is 1. The number of pyridine rings is 1. The van der Waals surface area contributed by atoms with Gasteiger partial charge in [0.25, 0.3) is 0 Å². The molecule has 0 unspecified atom stereocenters. The molecule has 5 rings (SSSR count). The first-order valence-corrected chi connectivity index (χ1v) is 11.9. The van der Waals surface area contributed by atoms with Crippen LogP contribution in [0, 0.1) is 40.4 Å². The molecule has 0 spiro atoms. The number of nitrogens with zero attached hydrogens (tertiary/aromatic N) is 1. The smallest absolute Gasteiger partial charge is 0.184 e. The van der Waals surface area contributed by atoms with Gasteiger partial charge in [-0.1, -0.05) is 19.9 Å². The van der Waals surface area contributed by atoms with E-state index in [1.807, 2.05) is 25.1 Å². The Kier molecular flexibility index (Phi) is 4.52. The van der Waals surface area contributed by atoms with E-state index in [-0.39, 0.29) is 17.1 Å². The molecule has 4 fully saturated rings. The maximum Gasteiger partial charge on any atom is 0.184 e. The van der Waals surface area contributed by atoms with Crippen molar-refractivity contribution in [3.8, 4) is 0 Å². The molecule has 4 saturated carbocycles. The summed E-state index contributed by atoms with van der Waals surface area (Å²) in [5, 5.41) is 10.7.